The number of H-pyrrole nitrogens is 1. The van der Waals surface area contributed by atoms with Gasteiger partial charge in [-0.3, -0.25) is 9.59 Å². The van der Waals surface area contributed by atoms with Crippen LogP contribution >= 0.6 is 0 Å². The van der Waals surface area contributed by atoms with Crippen molar-refractivity contribution in [3.8, 4) is 5.75 Å². The summed E-state index contributed by atoms with van der Waals surface area (Å²) in [5, 5.41) is 1.11. The molecule has 0 radical (unpaired) electrons. The monoisotopic (exact) mass is 403 g/mol. The number of hydrogen-bond donors (Lipinski definition) is 1. The van der Waals surface area contributed by atoms with Gasteiger partial charge in [0.25, 0.3) is 0 Å². The number of hydrogen-bond acceptors (Lipinski definition) is 4. The molecule has 4 heterocycles. The summed E-state index contributed by atoms with van der Waals surface area (Å²) in [5.41, 5.74) is 5.01. The van der Waals surface area contributed by atoms with Gasteiger partial charge in [0.1, 0.15) is 11.8 Å². The summed E-state index contributed by atoms with van der Waals surface area (Å²) < 4.78 is 11.0. The molecule has 1 N–H and O–H groups in total. The summed E-state index contributed by atoms with van der Waals surface area (Å²) in [7, 11) is 1.70. The Morgan fingerprint density at radius 2 is 2.00 bits per heavy atom. The van der Waals surface area contributed by atoms with Crippen LogP contribution in [0.2, 0.25) is 0 Å². The topological polar surface area (TPSA) is 74.9 Å². The molecular formula is C23H21N3O4. The highest BCUT2D eigenvalue weighted by atomic mass is 16.7. The molecule has 3 aromatic rings. The van der Waals surface area contributed by atoms with Gasteiger partial charge in [-0.05, 0) is 29.3 Å². The van der Waals surface area contributed by atoms with E-state index in [2.05, 4.69) is 11.1 Å². The van der Waals surface area contributed by atoms with Crippen LogP contribution in [0.3, 0.4) is 0 Å². The lowest BCUT2D eigenvalue weighted by Gasteiger charge is -2.46. The van der Waals surface area contributed by atoms with Crippen molar-refractivity contribution in [1.29, 1.82) is 0 Å². The van der Waals surface area contributed by atoms with E-state index in [4.69, 9.17) is 9.47 Å². The number of piperazine rings is 1. The number of para-hydroxylation sites is 1. The smallest absolute Gasteiger partial charge is 0.245 e. The second-order valence-corrected chi connectivity index (χ2v) is 8.16. The van der Waals surface area contributed by atoms with Crippen LogP contribution in [0.15, 0.2) is 42.5 Å². The van der Waals surface area contributed by atoms with Gasteiger partial charge in [-0.2, -0.15) is 0 Å². The standard InChI is InChI=1S/C23H21N3O4/c1-25-10-20(27)26-18(23(25)28)9-16-15-4-2-3-5-17(15)24-21(16)22(26)13-6-7-19-14(8-13)11-29-12-30-19/h2-8,18,22,24H,9-12H2,1H3/t18?,22-/m1/s1. The van der Waals surface area contributed by atoms with Crippen molar-refractivity contribution >= 4 is 22.7 Å². The van der Waals surface area contributed by atoms with E-state index in [0.29, 0.717) is 13.0 Å². The largest absolute Gasteiger partial charge is 0.467 e. The van der Waals surface area contributed by atoms with E-state index in [1.54, 1.807) is 11.9 Å². The Bertz CT molecular complexity index is 1200. The van der Waals surface area contributed by atoms with Crippen LogP contribution in [0, 0.1) is 0 Å². The number of aromatic amines is 1. The first-order chi connectivity index (χ1) is 14.6. The van der Waals surface area contributed by atoms with Crippen molar-refractivity contribution in [1.82, 2.24) is 14.8 Å². The van der Waals surface area contributed by atoms with Gasteiger partial charge in [0, 0.05) is 35.6 Å². The Balaban J connectivity index is 1.57. The van der Waals surface area contributed by atoms with Crippen LogP contribution < -0.4 is 4.74 Å². The van der Waals surface area contributed by atoms with E-state index in [1.807, 2.05) is 36.4 Å². The number of benzene rings is 2. The molecule has 2 atom stereocenters. The zero-order valence-corrected chi connectivity index (χ0v) is 16.6. The van der Waals surface area contributed by atoms with Crippen molar-refractivity contribution in [3.63, 3.8) is 0 Å². The molecule has 7 nitrogen and oxygen atoms in total. The Labute approximate surface area is 173 Å². The number of nitrogens with one attached hydrogen (secondary N) is 1. The molecule has 2 aromatic carbocycles. The molecule has 2 amide bonds. The Morgan fingerprint density at radius 1 is 1.13 bits per heavy atom. The predicted octanol–water partition coefficient (Wildman–Crippen LogP) is 2.35. The molecule has 3 aliphatic heterocycles. The summed E-state index contributed by atoms with van der Waals surface area (Å²) in [4.78, 5) is 33.1. The van der Waals surface area contributed by atoms with Gasteiger partial charge in [0.05, 0.1) is 19.2 Å². The molecular weight excluding hydrogens is 382 g/mol. The average molecular weight is 403 g/mol. The number of fused-ring (bicyclic) bond motifs is 5. The normalized spacial score (nSPS) is 23.1. The molecule has 6 rings (SSSR count). The fourth-order valence-corrected chi connectivity index (χ4v) is 5.03. The molecule has 1 saturated heterocycles. The van der Waals surface area contributed by atoms with Gasteiger partial charge >= 0.3 is 0 Å². The fraction of sp³-hybridized carbons (Fsp3) is 0.304. The molecule has 1 fully saturated rings. The second-order valence-electron chi connectivity index (χ2n) is 8.16. The van der Waals surface area contributed by atoms with E-state index < -0.39 is 6.04 Å². The fourth-order valence-electron chi connectivity index (χ4n) is 5.03. The average Bonchev–Trinajstić information content (AvgIpc) is 3.14. The third-order valence-electron chi connectivity index (χ3n) is 6.41. The molecule has 1 unspecified atom stereocenters. The third-order valence-corrected chi connectivity index (χ3v) is 6.41. The lowest BCUT2D eigenvalue weighted by molar-refractivity contribution is -0.157. The zero-order valence-electron chi connectivity index (χ0n) is 16.6. The molecule has 152 valence electrons. The van der Waals surface area contributed by atoms with Crippen molar-refractivity contribution in [2.24, 2.45) is 0 Å². The van der Waals surface area contributed by atoms with E-state index in [1.165, 1.54) is 4.90 Å². The van der Waals surface area contributed by atoms with Crippen molar-refractivity contribution in [2.45, 2.75) is 25.1 Å². The third kappa shape index (κ3) is 2.42. The second kappa shape index (κ2) is 6.34. The van der Waals surface area contributed by atoms with E-state index >= 15 is 0 Å². The number of amides is 2. The quantitative estimate of drug-likeness (QED) is 0.677. The van der Waals surface area contributed by atoms with Crippen LogP contribution in [-0.2, 0) is 27.4 Å². The SMILES string of the molecule is CN1CC(=O)N2C(Cc3c([nH]c4ccccc34)[C@H]2c2ccc3c(c2)COCO3)C1=O. The van der Waals surface area contributed by atoms with Gasteiger partial charge in [-0.25, -0.2) is 0 Å². The summed E-state index contributed by atoms with van der Waals surface area (Å²) >= 11 is 0. The lowest BCUT2D eigenvalue weighted by atomic mass is 9.86. The minimum Gasteiger partial charge on any atom is -0.467 e. The van der Waals surface area contributed by atoms with Crippen LogP contribution in [0.1, 0.15) is 28.4 Å². The maximum Gasteiger partial charge on any atom is 0.245 e. The minimum absolute atomic E-state index is 0.0137. The van der Waals surface area contributed by atoms with Crippen molar-refractivity contribution in [3.05, 3.63) is 64.8 Å². The Kier molecular flexibility index (Phi) is 3.70. The van der Waals surface area contributed by atoms with E-state index in [-0.39, 0.29) is 31.2 Å². The maximum absolute atomic E-state index is 13.2. The number of ether oxygens (including phenoxy) is 2. The van der Waals surface area contributed by atoms with Crippen molar-refractivity contribution < 1.29 is 19.1 Å². The molecule has 0 spiro atoms. The number of rotatable bonds is 1. The minimum atomic E-state index is -0.503. The van der Waals surface area contributed by atoms with Crippen LogP contribution in [0.4, 0.5) is 0 Å². The van der Waals surface area contributed by atoms with Gasteiger partial charge in [0.15, 0.2) is 6.79 Å². The summed E-state index contributed by atoms with van der Waals surface area (Å²) in [5.74, 6) is 0.747. The first-order valence-electron chi connectivity index (χ1n) is 10.1. The highest BCUT2D eigenvalue weighted by Crippen LogP contribution is 2.43. The van der Waals surface area contributed by atoms with Gasteiger partial charge < -0.3 is 24.3 Å². The maximum atomic E-state index is 13.2. The summed E-state index contributed by atoms with van der Waals surface area (Å²) in [6.07, 6.45) is 0.516. The number of carbonyl (C=O) groups excluding carboxylic acids is 2. The number of aromatic nitrogens is 1. The molecule has 0 saturated carbocycles. The molecule has 0 aliphatic carbocycles. The molecule has 30 heavy (non-hydrogen) atoms. The van der Waals surface area contributed by atoms with Crippen LogP contribution in [0.25, 0.3) is 10.9 Å². The molecule has 0 bridgehead atoms. The Hall–Kier alpha value is -3.32. The van der Waals surface area contributed by atoms with Crippen molar-refractivity contribution in [2.75, 3.05) is 20.4 Å². The summed E-state index contributed by atoms with van der Waals surface area (Å²) in [6, 6.07) is 13.2. The number of likely N-dealkylation sites (N-methyl/N-ethyl adjacent to an activating group) is 1. The lowest BCUT2D eigenvalue weighted by Crippen LogP contribution is -2.62. The van der Waals surface area contributed by atoms with E-state index in [0.717, 1.165) is 39.0 Å². The van der Waals surface area contributed by atoms with Crippen LogP contribution in [0.5, 0.6) is 5.75 Å². The first kappa shape index (κ1) is 17.5. The molecule has 7 heteroatoms. The first-order valence-corrected chi connectivity index (χ1v) is 10.1. The van der Waals surface area contributed by atoms with Crippen LogP contribution in [-0.4, -0.2) is 53.0 Å². The number of nitrogens with zero attached hydrogens (tertiary/aromatic N) is 2. The van der Waals surface area contributed by atoms with Gasteiger partial charge in [-0.1, -0.05) is 24.3 Å². The van der Waals surface area contributed by atoms with Gasteiger partial charge in [0.2, 0.25) is 11.8 Å². The highest BCUT2D eigenvalue weighted by Gasteiger charge is 2.47. The Morgan fingerprint density at radius 3 is 2.90 bits per heavy atom. The predicted molar refractivity (Wildman–Crippen MR) is 109 cm³/mol. The number of carbonyl (C=O) groups is 2. The summed E-state index contributed by atoms with van der Waals surface area (Å²) in [6.45, 7) is 0.808. The molecule has 1 aromatic heterocycles. The molecule has 3 aliphatic rings. The highest BCUT2D eigenvalue weighted by molar-refractivity contribution is 5.97. The van der Waals surface area contributed by atoms with Gasteiger partial charge in [-0.15, -0.1) is 0 Å². The zero-order chi connectivity index (χ0) is 20.4. The van der Waals surface area contributed by atoms with E-state index in [9.17, 15) is 9.59 Å².